The second-order valence-electron chi connectivity index (χ2n) is 4.86. The summed E-state index contributed by atoms with van der Waals surface area (Å²) in [6.45, 7) is 2.10. The van der Waals surface area contributed by atoms with E-state index in [4.69, 9.17) is 9.63 Å². The summed E-state index contributed by atoms with van der Waals surface area (Å²) < 4.78 is 4.84. The Morgan fingerprint density at radius 3 is 2.56 bits per heavy atom. The molecule has 1 fully saturated rings. The molecule has 0 aliphatic heterocycles. The van der Waals surface area contributed by atoms with Crippen molar-refractivity contribution in [3.8, 4) is 0 Å². The highest BCUT2D eigenvalue weighted by molar-refractivity contribution is 5.88. The molecular formula is C12H17NO3. The Morgan fingerprint density at radius 2 is 2.00 bits per heavy atom. The predicted molar refractivity (Wildman–Crippen MR) is 58.5 cm³/mol. The van der Waals surface area contributed by atoms with Gasteiger partial charge in [-0.3, -0.25) is 0 Å². The van der Waals surface area contributed by atoms with Crippen molar-refractivity contribution in [2.45, 2.75) is 50.9 Å². The molecule has 0 bridgehead atoms. The Hall–Kier alpha value is -1.32. The third-order valence-electron chi connectivity index (χ3n) is 3.58. The normalized spacial score (nSPS) is 20.3. The number of nitrogens with zero attached hydrogens (tertiary/aromatic N) is 1. The zero-order chi connectivity index (χ0) is 11.6. The van der Waals surface area contributed by atoms with Crippen LogP contribution in [0.15, 0.2) is 10.8 Å². The molecule has 4 heteroatoms. The third kappa shape index (κ3) is 1.96. The van der Waals surface area contributed by atoms with Gasteiger partial charge < -0.3 is 9.63 Å². The fourth-order valence-electron chi connectivity index (χ4n) is 2.57. The Labute approximate surface area is 94.6 Å². The summed E-state index contributed by atoms with van der Waals surface area (Å²) in [4.78, 5) is 11.1. The van der Waals surface area contributed by atoms with Crippen molar-refractivity contribution in [2.24, 2.45) is 0 Å². The van der Waals surface area contributed by atoms with Crippen LogP contribution in [0.25, 0.3) is 0 Å². The first-order valence-corrected chi connectivity index (χ1v) is 5.82. The Kier molecular flexibility index (Phi) is 2.99. The number of carbonyl (C=O) groups is 1. The van der Waals surface area contributed by atoms with Gasteiger partial charge >= 0.3 is 5.97 Å². The van der Waals surface area contributed by atoms with E-state index in [0.717, 1.165) is 25.7 Å². The molecule has 1 aromatic heterocycles. The molecule has 1 saturated carbocycles. The Balaban J connectivity index is 2.33. The average Bonchev–Trinajstić information content (AvgIpc) is 2.64. The summed E-state index contributed by atoms with van der Waals surface area (Å²) in [5.74, 6) is -0.943. The van der Waals surface area contributed by atoms with Gasteiger partial charge in [-0.1, -0.05) is 37.8 Å². The minimum atomic E-state index is -0.943. The number of hydrogen-bond donors (Lipinski definition) is 1. The molecule has 16 heavy (non-hydrogen) atoms. The van der Waals surface area contributed by atoms with Gasteiger partial charge in [0.25, 0.3) is 0 Å². The molecule has 0 radical (unpaired) electrons. The van der Waals surface area contributed by atoms with Gasteiger partial charge in [-0.2, -0.15) is 0 Å². The molecule has 0 unspecified atom stereocenters. The maximum Gasteiger partial charge on any atom is 0.340 e. The molecule has 0 aromatic carbocycles. The molecule has 2 rings (SSSR count). The monoisotopic (exact) mass is 223 g/mol. The van der Waals surface area contributed by atoms with E-state index in [1.54, 1.807) is 0 Å². The first kappa shape index (κ1) is 11.2. The van der Waals surface area contributed by atoms with Crippen molar-refractivity contribution in [1.29, 1.82) is 0 Å². The maximum atomic E-state index is 11.1. The summed E-state index contributed by atoms with van der Waals surface area (Å²) in [5.41, 5.74) is 0.725. The van der Waals surface area contributed by atoms with Crippen LogP contribution >= 0.6 is 0 Å². The van der Waals surface area contributed by atoms with E-state index in [0.29, 0.717) is 5.69 Å². The van der Waals surface area contributed by atoms with Crippen molar-refractivity contribution < 1.29 is 14.4 Å². The summed E-state index contributed by atoms with van der Waals surface area (Å²) >= 11 is 0. The van der Waals surface area contributed by atoms with Crippen molar-refractivity contribution in [2.75, 3.05) is 0 Å². The van der Waals surface area contributed by atoms with Gasteiger partial charge in [-0.15, -0.1) is 0 Å². The largest absolute Gasteiger partial charge is 0.478 e. The zero-order valence-corrected chi connectivity index (χ0v) is 9.53. The van der Waals surface area contributed by atoms with E-state index in [1.165, 1.54) is 19.1 Å². The van der Waals surface area contributed by atoms with E-state index >= 15 is 0 Å². The molecule has 0 amide bonds. The minimum absolute atomic E-state index is 0.128. The quantitative estimate of drug-likeness (QED) is 0.783. The van der Waals surface area contributed by atoms with Crippen LogP contribution in [0.2, 0.25) is 0 Å². The van der Waals surface area contributed by atoms with Crippen LogP contribution < -0.4 is 0 Å². The smallest absolute Gasteiger partial charge is 0.340 e. The Morgan fingerprint density at radius 1 is 1.38 bits per heavy atom. The summed E-state index contributed by atoms with van der Waals surface area (Å²) in [6.07, 6.45) is 7.99. The van der Waals surface area contributed by atoms with Gasteiger partial charge in [0.1, 0.15) is 17.5 Å². The molecular weight excluding hydrogens is 206 g/mol. The van der Waals surface area contributed by atoms with E-state index < -0.39 is 5.97 Å². The topological polar surface area (TPSA) is 63.3 Å². The highest BCUT2D eigenvalue weighted by Crippen LogP contribution is 2.38. The fraction of sp³-hybridized carbons (Fsp3) is 0.667. The number of aromatic carboxylic acids is 1. The number of rotatable bonds is 2. The van der Waals surface area contributed by atoms with Crippen molar-refractivity contribution in [1.82, 2.24) is 5.16 Å². The van der Waals surface area contributed by atoms with Crippen molar-refractivity contribution in [3.63, 3.8) is 0 Å². The highest BCUT2D eigenvalue weighted by atomic mass is 16.5. The molecule has 4 nitrogen and oxygen atoms in total. The molecule has 1 heterocycles. The molecule has 1 aromatic rings. The van der Waals surface area contributed by atoms with Crippen LogP contribution in [-0.4, -0.2) is 16.2 Å². The first-order chi connectivity index (χ1) is 7.63. The van der Waals surface area contributed by atoms with E-state index in [2.05, 4.69) is 12.1 Å². The van der Waals surface area contributed by atoms with Crippen LogP contribution in [0.4, 0.5) is 0 Å². The van der Waals surface area contributed by atoms with Crippen molar-refractivity contribution in [3.05, 3.63) is 17.5 Å². The number of aromatic nitrogens is 1. The van der Waals surface area contributed by atoms with E-state index in [-0.39, 0.29) is 11.0 Å². The highest BCUT2D eigenvalue weighted by Gasteiger charge is 2.34. The van der Waals surface area contributed by atoms with Gasteiger partial charge in [0.2, 0.25) is 0 Å². The van der Waals surface area contributed by atoms with Crippen LogP contribution in [0, 0.1) is 0 Å². The van der Waals surface area contributed by atoms with Crippen LogP contribution in [0.5, 0.6) is 0 Å². The molecule has 1 aliphatic rings. The van der Waals surface area contributed by atoms with Gasteiger partial charge in [-0.05, 0) is 12.8 Å². The molecule has 88 valence electrons. The number of hydrogen-bond acceptors (Lipinski definition) is 3. The summed E-state index contributed by atoms with van der Waals surface area (Å²) in [6, 6.07) is 0. The molecule has 1 N–H and O–H groups in total. The minimum Gasteiger partial charge on any atom is -0.478 e. The molecule has 0 saturated heterocycles. The van der Waals surface area contributed by atoms with Crippen molar-refractivity contribution >= 4 is 5.97 Å². The average molecular weight is 223 g/mol. The second kappa shape index (κ2) is 4.28. The van der Waals surface area contributed by atoms with Gasteiger partial charge in [0.05, 0.1) is 0 Å². The summed E-state index contributed by atoms with van der Waals surface area (Å²) in [5, 5.41) is 13.0. The Bertz CT molecular complexity index is 375. The summed E-state index contributed by atoms with van der Waals surface area (Å²) in [7, 11) is 0. The molecule has 1 aliphatic carbocycles. The maximum absolute atomic E-state index is 11.1. The first-order valence-electron chi connectivity index (χ1n) is 5.82. The lowest BCUT2D eigenvalue weighted by atomic mass is 9.78. The van der Waals surface area contributed by atoms with Gasteiger partial charge in [0.15, 0.2) is 0 Å². The predicted octanol–water partition coefficient (Wildman–Crippen LogP) is 2.98. The fourth-order valence-corrected chi connectivity index (χ4v) is 2.57. The third-order valence-corrected chi connectivity index (χ3v) is 3.58. The van der Waals surface area contributed by atoms with Crippen LogP contribution in [0.1, 0.15) is 61.5 Å². The van der Waals surface area contributed by atoms with Gasteiger partial charge in [-0.25, -0.2) is 4.79 Å². The molecule has 0 spiro atoms. The SMILES string of the molecule is CC1(c2nocc2C(=O)O)CCCCCC1. The molecule has 0 atom stereocenters. The number of carboxylic acid groups (broad SMARTS) is 1. The lowest BCUT2D eigenvalue weighted by molar-refractivity contribution is 0.0693. The zero-order valence-electron chi connectivity index (χ0n) is 9.53. The van der Waals surface area contributed by atoms with Gasteiger partial charge in [0, 0.05) is 5.41 Å². The lowest BCUT2D eigenvalue weighted by Gasteiger charge is -2.25. The lowest BCUT2D eigenvalue weighted by Crippen LogP contribution is -2.24. The van der Waals surface area contributed by atoms with E-state index in [1.807, 2.05) is 0 Å². The number of carboxylic acids is 1. The van der Waals surface area contributed by atoms with Crippen LogP contribution in [0.3, 0.4) is 0 Å². The second-order valence-corrected chi connectivity index (χ2v) is 4.86. The van der Waals surface area contributed by atoms with E-state index in [9.17, 15) is 4.79 Å². The standard InChI is InChI=1S/C12H17NO3/c1-12(6-4-2-3-5-7-12)10-9(11(14)15)8-16-13-10/h8H,2-7H2,1H3,(H,14,15). The van der Waals surface area contributed by atoms with Crippen LogP contribution in [-0.2, 0) is 5.41 Å².